The lowest BCUT2D eigenvalue weighted by molar-refractivity contribution is -0.143. The van der Waals surface area contributed by atoms with Gasteiger partial charge in [0.25, 0.3) is 0 Å². The van der Waals surface area contributed by atoms with E-state index in [1.807, 2.05) is 4.90 Å². The summed E-state index contributed by atoms with van der Waals surface area (Å²) in [6.07, 6.45) is 6.91. The molecule has 3 aliphatic heterocycles. The molecule has 0 radical (unpaired) electrons. The number of likely N-dealkylation sites (tertiary alicyclic amines) is 3. The van der Waals surface area contributed by atoms with Crippen molar-refractivity contribution in [2.45, 2.75) is 63.6 Å². The van der Waals surface area contributed by atoms with E-state index in [1.54, 1.807) is 12.1 Å². The van der Waals surface area contributed by atoms with Crippen LogP contribution >= 0.6 is 22.9 Å². The summed E-state index contributed by atoms with van der Waals surface area (Å²) >= 11 is 7.15. The van der Waals surface area contributed by atoms with E-state index in [0.717, 1.165) is 37.9 Å². The molecular weight excluding hydrogens is 496 g/mol. The molecule has 8 nitrogen and oxygen atoms in total. The van der Waals surface area contributed by atoms with E-state index in [4.69, 9.17) is 11.6 Å². The highest BCUT2D eigenvalue weighted by Gasteiger charge is 2.36. The highest BCUT2D eigenvalue weighted by atomic mass is 35.5. The van der Waals surface area contributed by atoms with Gasteiger partial charge in [-0.05, 0) is 70.2 Å². The Morgan fingerprint density at radius 3 is 2.65 bits per heavy atom. The molecule has 1 unspecified atom stereocenters. The maximum Gasteiger partial charge on any atom is 0.242 e. The van der Waals surface area contributed by atoms with Gasteiger partial charge in [-0.1, -0.05) is 11.6 Å². The SMILES string of the molecule is CC1CCCN1C[C@@H]1CCCN1C(=O)CN1CCC[C@H](NS(=O)(=O)C=Cc2ccc(Cl)s2)C1=O. The number of nitrogens with one attached hydrogen (secondary N) is 1. The van der Waals surface area contributed by atoms with Crippen LogP contribution in [0.5, 0.6) is 0 Å². The number of hydrogen-bond donors (Lipinski definition) is 1. The highest BCUT2D eigenvalue weighted by Crippen LogP contribution is 2.25. The van der Waals surface area contributed by atoms with E-state index < -0.39 is 16.1 Å². The summed E-state index contributed by atoms with van der Waals surface area (Å²) in [5.74, 6) is -0.375. The van der Waals surface area contributed by atoms with Gasteiger partial charge in [0.05, 0.1) is 10.9 Å². The molecule has 0 saturated carbocycles. The molecular formula is C23H33ClN4O4S2. The zero-order valence-corrected chi connectivity index (χ0v) is 21.9. The lowest BCUT2D eigenvalue weighted by Gasteiger charge is -2.35. The Balaban J connectivity index is 1.33. The molecule has 0 aromatic carbocycles. The average molecular weight is 529 g/mol. The number of amides is 2. The smallest absolute Gasteiger partial charge is 0.242 e. The molecule has 11 heteroatoms. The topological polar surface area (TPSA) is 90.0 Å². The predicted molar refractivity (Wildman–Crippen MR) is 135 cm³/mol. The lowest BCUT2D eigenvalue weighted by atomic mass is 10.1. The van der Waals surface area contributed by atoms with Crippen molar-refractivity contribution < 1.29 is 18.0 Å². The van der Waals surface area contributed by atoms with E-state index in [2.05, 4.69) is 16.5 Å². The summed E-state index contributed by atoms with van der Waals surface area (Å²) in [5, 5.41) is 1.06. The molecule has 4 heterocycles. The van der Waals surface area contributed by atoms with Crippen molar-refractivity contribution in [2.24, 2.45) is 0 Å². The second-order valence-electron chi connectivity index (χ2n) is 9.43. The Hall–Kier alpha value is -1.46. The van der Waals surface area contributed by atoms with Gasteiger partial charge in [0, 0.05) is 42.0 Å². The van der Waals surface area contributed by atoms with E-state index in [0.29, 0.717) is 34.6 Å². The molecule has 0 bridgehead atoms. The van der Waals surface area contributed by atoms with E-state index >= 15 is 0 Å². The maximum atomic E-state index is 13.1. The minimum absolute atomic E-state index is 0.00660. The Morgan fingerprint density at radius 1 is 1.18 bits per heavy atom. The summed E-state index contributed by atoms with van der Waals surface area (Å²) < 4.78 is 28.1. The van der Waals surface area contributed by atoms with Crippen molar-refractivity contribution in [1.29, 1.82) is 0 Å². The first-order chi connectivity index (χ1) is 16.2. The fraction of sp³-hybridized carbons (Fsp3) is 0.652. The number of carbonyl (C=O) groups excluding carboxylic acids is 2. The standard InChI is InChI=1S/C23H33ClN4O4S2/c1-17-5-2-11-26(17)15-18-6-3-13-28(18)22(29)16-27-12-4-7-20(23(27)30)25-34(31,32)14-10-19-8-9-21(24)33-19/h8-10,14,17-18,20,25H,2-7,11-13,15-16H2,1H3/t17?,18-,20-/m0/s1. The van der Waals surface area contributed by atoms with Crippen molar-refractivity contribution in [2.75, 3.05) is 32.7 Å². The molecule has 3 atom stereocenters. The third-order valence-electron chi connectivity index (χ3n) is 7.00. The van der Waals surface area contributed by atoms with Gasteiger partial charge in [-0.3, -0.25) is 14.5 Å². The van der Waals surface area contributed by atoms with Crippen molar-refractivity contribution in [1.82, 2.24) is 19.4 Å². The largest absolute Gasteiger partial charge is 0.337 e. The van der Waals surface area contributed by atoms with Gasteiger partial charge in [0.2, 0.25) is 21.8 Å². The number of sulfonamides is 1. The van der Waals surface area contributed by atoms with Crippen LogP contribution < -0.4 is 4.72 Å². The Labute approximate surface area is 211 Å². The third-order valence-corrected chi connectivity index (χ3v) is 9.31. The molecule has 0 spiro atoms. The highest BCUT2D eigenvalue weighted by molar-refractivity contribution is 7.92. The molecule has 4 rings (SSSR count). The molecule has 2 amide bonds. The number of nitrogens with zero attached hydrogens (tertiary/aromatic N) is 3. The van der Waals surface area contributed by atoms with Gasteiger partial charge < -0.3 is 9.80 Å². The van der Waals surface area contributed by atoms with Gasteiger partial charge in [-0.25, -0.2) is 8.42 Å². The first-order valence-electron chi connectivity index (χ1n) is 12.0. The van der Waals surface area contributed by atoms with E-state index in [-0.39, 0.29) is 24.4 Å². The zero-order chi connectivity index (χ0) is 24.3. The van der Waals surface area contributed by atoms with Gasteiger partial charge in [0.15, 0.2) is 0 Å². The summed E-state index contributed by atoms with van der Waals surface area (Å²) in [7, 11) is -3.81. The third kappa shape index (κ3) is 6.40. The predicted octanol–water partition coefficient (Wildman–Crippen LogP) is 2.76. The molecule has 188 valence electrons. The quantitative estimate of drug-likeness (QED) is 0.560. The molecule has 0 aliphatic carbocycles. The first kappa shape index (κ1) is 25.6. The molecule has 3 aliphatic rings. The monoisotopic (exact) mass is 528 g/mol. The Morgan fingerprint density at radius 2 is 1.94 bits per heavy atom. The summed E-state index contributed by atoms with van der Waals surface area (Å²) in [6, 6.07) is 3.32. The van der Waals surface area contributed by atoms with Crippen LogP contribution in [-0.4, -0.2) is 85.8 Å². The number of thiophene rings is 1. The van der Waals surface area contributed by atoms with Crippen LogP contribution in [-0.2, 0) is 19.6 Å². The van der Waals surface area contributed by atoms with Crippen molar-refractivity contribution in [3.05, 3.63) is 26.8 Å². The van der Waals surface area contributed by atoms with Gasteiger partial charge >= 0.3 is 0 Å². The number of rotatable bonds is 8. The molecule has 1 N–H and O–H groups in total. The van der Waals surface area contributed by atoms with Crippen LogP contribution in [0.3, 0.4) is 0 Å². The fourth-order valence-corrected chi connectivity index (χ4v) is 7.23. The van der Waals surface area contributed by atoms with E-state index in [1.165, 1.54) is 35.2 Å². The Kier molecular flexibility index (Phi) is 8.35. The van der Waals surface area contributed by atoms with Crippen molar-refractivity contribution >= 4 is 50.9 Å². The minimum Gasteiger partial charge on any atom is -0.337 e. The molecule has 3 fully saturated rings. The van der Waals surface area contributed by atoms with Crippen molar-refractivity contribution in [3.8, 4) is 0 Å². The molecule has 34 heavy (non-hydrogen) atoms. The van der Waals surface area contributed by atoms with Crippen LogP contribution in [0, 0.1) is 0 Å². The molecule has 1 aromatic rings. The fourth-order valence-electron chi connectivity index (χ4n) is 5.16. The number of halogens is 1. The van der Waals surface area contributed by atoms with Gasteiger partial charge in [-0.15, -0.1) is 11.3 Å². The number of hydrogen-bond acceptors (Lipinski definition) is 6. The summed E-state index contributed by atoms with van der Waals surface area (Å²) in [4.78, 5) is 32.8. The van der Waals surface area contributed by atoms with Crippen molar-refractivity contribution in [3.63, 3.8) is 0 Å². The molecule has 1 aromatic heterocycles. The normalized spacial score (nSPS) is 26.8. The maximum absolute atomic E-state index is 13.1. The van der Waals surface area contributed by atoms with Crippen LogP contribution in [0.15, 0.2) is 17.5 Å². The Bertz CT molecular complexity index is 1030. The number of piperidine rings is 1. The first-order valence-corrected chi connectivity index (χ1v) is 14.7. The lowest BCUT2D eigenvalue weighted by Crippen LogP contribution is -2.55. The van der Waals surface area contributed by atoms with Crippen LogP contribution in [0.4, 0.5) is 0 Å². The average Bonchev–Trinajstić information content (AvgIpc) is 3.52. The molecule has 3 saturated heterocycles. The summed E-state index contributed by atoms with van der Waals surface area (Å²) in [6.45, 7) is 5.42. The second kappa shape index (κ2) is 11.1. The van der Waals surface area contributed by atoms with Crippen LogP contribution in [0.25, 0.3) is 6.08 Å². The van der Waals surface area contributed by atoms with Gasteiger partial charge in [-0.2, -0.15) is 4.72 Å². The zero-order valence-electron chi connectivity index (χ0n) is 19.5. The minimum atomic E-state index is -3.81. The van der Waals surface area contributed by atoms with Crippen LogP contribution in [0.2, 0.25) is 4.34 Å². The van der Waals surface area contributed by atoms with Crippen LogP contribution in [0.1, 0.15) is 50.3 Å². The second-order valence-corrected chi connectivity index (χ2v) is 12.8. The number of carbonyl (C=O) groups is 2. The summed E-state index contributed by atoms with van der Waals surface area (Å²) in [5.41, 5.74) is 0. The van der Waals surface area contributed by atoms with Gasteiger partial charge in [0.1, 0.15) is 6.04 Å². The van der Waals surface area contributed by atoms with E-state index in [9.17, 15) is 18.0 Å².